The van der Waals surface area contributed by atoms with Crippen molar-refractivity contribution in [3.8, 4) is 0 Å². The van der Waals surface area contributed by atoms with Crippen LogP contribution in [0, 0.1) is 6.92 Å². The van der Waals surface area contributed by atoms with Crippen molar-refractivity contribution < 1.29 is 10.0 Å². The number of aryl methyl sites for hydroxylation is 1. The SMILES string of the molecule is C=C(/C=C/c1ccc2c(c1)CN(C(=O)Cc1ccc(C)cc1)CC2)NO. The van der Waals surface area contributed by atoms with Gasteiger partial charge in [-0.3, -0.25) is 15.5 Å². The van der Waals surface area contributed by atoms with Gasteiger partial charge in [0.05, 0.1) is 12.1 Å². The van der Waals surface area contributed by atoms with Crippen LogP contribution >= 0.6 is 0 Å². The van der Waals surface area contributed by atoms with E-state index in [9.17, 15) is 4.79 Å². The van der Waals surface area contributed by atoms with Gasteiger partial charge in [0.1, 0.15) is 0 Å². The Bertz CT molecular complexity index is 838. The highest BCUT2D eigenvalue weighted by molar-refractivity contribution is 5.79. The van der Waals surface area contributed by atoms with Gasteiger partial charge in [0.15, 0.2) is 0 Å². The number of nitrogens with one attached hydrogen (secondary N) is 1. The van der Waals surface area contributed by atoms with Gasteiger partial charge in [-0.25, -0.2) is 0 Å². The minimum atomic E-state index is 0.165. The second-order valence-corrected chi connectivity index (χ2v) is 6.73. The Morgan fingerprint density at radius 1 is 1.23 bits per heavy atom. The Kier molecular flexibility index (Phi) is 5.54. The van der Waals surface area contributed by atoms with E-state index in [0.29, 0.717) is 18.7 Å². The number of rotatable bonds is 5. The normalized spacial score (nSPS) is 13.5. The van der Waals surface area contributed by atoms with E-state index in [-0.39, 0.29) is 5.91 Å². The number of hydrogen-bond acceptors (Lipinski definition) is 3. The molecule has 0 saturated heterocycles. The average molecular weight is 348 g/mol. The zero-order chi connectivity index (χ0) is 18.5. The molecule has 0 aromatic heterocycles. The topological polar surface area (TPSA) is 52.6 Å². The molecule has 2 N–H and O–H groups in total. The molecule has 0 unspecified atom stereocenters. The second kappa shape index (κ2) is 8.02. The lowest BCUT2D eigenvalue weighted by atomic mass is 9.96. The van der Waals surface area contributed by atoms with Crippen LogP contribution < -0.4 is 5.48 Å². The quantitative estimate of drug-likeness (QED) is 0.641. The van der Waals surface area contributed by atoms with Gasteiger partial charge < -0.3 is 4.90 Å². The summed E-state index contributed by atoms with van der Waals surface area (Å²) >= 11 is 0. The molecular weight excluding hydrogens is 324 g/mol. The Balaban J connectivity index is 1.69. The van der Waals surface area contributed by atoms with E-state index in [1.165, 1.54) is 16.7 Å². The van der Waals surface area contributed by atoms with Gasteiger partial charge in [-0.15, -0.1) is 0 Å². The minimum absolute atomic E-state index is 0.165. The van der Waals surface area contributed by atoms with Crippen LogP contribution in [-0.4, -0.2) is 22.6 Å². The van der Waals surface area contributed by atoms with Crippen molar-refractivity contribution in [3.63, 3.8) is 0 Å². The molecule has 2 aromatic rings. The number of allylic oxidation sites excluding steroid dienone is 1. The highest BCUT2D eigenvalue weighted by Gasteiger charge is 2.20. The lowest BCUT2D eigenvalue weighted by molar-refractivity contribution is -0.131. The summed E-state index contributed by atoms with van der Waals surface area (Å²) in [4.78, 5) is 14.6. The fourth-order valence-corrected chi connectivity index (χ4v) is 3.12. The monoisotopic (exact) mass is 348 g/mol. The summed E-state index contributed by atoms with van der Waals surface area (Å²) in [5.74, 6) is 0.165. The predicted molar refractivity (Wildman–Crippen MR) is 104 cm³/mol. The van der Waals surface area contributed by atoms with Crippen molar-refractivity contribution in [1.82, 2.24) is 10.4 Å². The Morgan fingerprint density at radius 2 is 2.00 bits per heavy atom. The van der Waals surface area contributed by atoms with Gasteiger partial charge in [0.2, 0.25) is 5.91 Å². The van der Waals surface area contributed by atoms with Gasteiger partial charge in [0.25, 0.3) is 0 Å². The maximum atomic E-state index is 12.7. The predicted octanol–water partition coefficient (Wildman–Crippen LogP) is 3.63. The number of amides is 1. The molecule has 0 fully saturated rings. The highest BCUT2D eigenvalue weighted by atomic mass is 16.5. The van der Waals surface area contributed by atoms with Crippen molar-refractivity contribution in [1.29, 1.82) is 0 Å². The van der Waals surface area contributed by atoms with Crippen LogP contribution in [0.4, 0.5) is 0 Å². The number of benzene rings is 2. The van der Waals surface area contributed by atoms with E-state index in [4.69, 9.17) is 5.21 Å². The van der Waals surface area contributed by atoms with Crippen LogP contribution in [0.25, 0.3) is 6.08 Å². The molecule has 1 aliphatic heterocycles. The zero-order valence-corrected chi connectivity index (χ0v) is 15.0. The fraction of sp³-hybridized carbons (Fsp3) is 0.227. The smallest absolute Gasteiger partial charge is 0.227 e. The Hall–Kier alpha value is -2.85. The zero-order valence-electron chi connectivity index (χ0n) is 15.0. The molecule has 0 saturated carbocycles. The van der Waals surface area contributed by atoms with Gasteiger partial charge in [0, 0.05) is 13.1 Å². The molecule has 1 aliphatic rings. The minimum Gasteiger partial charge on any atom is -0.338 e. The summed E-state index contributed by atoms with van der Waals surface area (Å²) in [5, 5.41) is 8.79. The summed E-state index contributed by atoms with van der Waals surface area (Å²) in [6.07, 6.45) is 4.92. The van der Waals surface area contributed by atoms with Crippen molar-refractivity contribution in [2.75, 3.05) is 6.54 Å². The molecule has 0 spiro atoms. The van der Waals surface area contributed by atoms with Crippen molar-refractivity contribution >= 4 is 12.0 Å². The summed E-state index contributed by atoms with van der Waals surface area (Å²) in [7, 11) is 0. The van der Waals surface area contributed by atoms with Crippen molar-refractivity contribution in [2.45, 2.75) is 26.3 Å². The second-order valence-electron chi connectivity index (χ2n) is 6.73. The van der Waals surface area contributed by atoms with Gasteiger partial charge in [-0.1, -0.05) is 54.6 Å². The summed E-state index contributed by atoms with van der Waals surface area (Å²) in [5.41, 5.74) is 8.19. The Morgan fingerprint density at radius 3 is 2.73 bits per heavy atom. The van der Waals surface area contributed by atoms with Crippen LogP contribution in [0.3, 0.4) is 0 Å². The van der Waals surface area contributed by atoms with Crippen LogP contribution in [0.15, 0.2) is 60.8 Å². The number of hydroxylamine groups is 1. The third-order valence-corrected chi connectivity index (χ3v) is 4.69. The third-order valence-electron chi connectivity index (χ3n) is 4.69. The first-order valence-electron chi connectivity index (χ1n) is 8.77. The molecule has 4 nitrogen and oxygen atoms in total. The van der Waals surface area contributed by atoms with Gasteiger partial charge in [-0.05, 0) is 47.7 Å². The first-order chi connectivity index (χ1) is 12.5. The van der Waals surface area contributed by atoms with Crippen molar-refractivity contribution in [2.24, 2.45) is 0 Å². The third kappa shape index (κ3) is 4.41. The molecule has 3 rings (SSSR count). The summed E-state index contributed by atoms with van der Waals surface area (Å²) < 4.78 is 0. The molecule has 0 aliphatic carbocycles. The number of hydrogen-bond donors (Lipinski definition) is 2. The Labute approximate surface area is 154 Å². The number of nitrogens with zero attached hydrogens (tertiary/aromatic N) is 1. The maximum Gasteiger partial charge on any atom is 0.227 e. The molecule has 26 heavy (non-hydrogen) atoms. The molecule has 0 radical (unpaired) electrons. The molecule has 0 atom stereocenters. The van der Waals surface area contributed by atoms with E-state index in [2.05, 4.69) is 18.7 Å². The summed E-state index contributed by atoms with van der Waals surface area (Å²) in [6.45, 7) is 7.10. The van der Waals surface area contributed by atoms with Gasteiger partial charge in [-0.2, -0.15) is 0 Å². The molecule has 1 amide bonds. The average Bonchev–Trinajstić information content (AvgIpc) is 2.67. The van der Waals surface area contributed by atoms with Crippen LogP contribution in [0.1, 0.15) is 27.8 Å². The molecular formula is C22H24N2O2. The lowest BCUT2D eigenvalue weighted by Gasteiger charge is -2.29. The summed E-state index contributed by atoms with van der Waals surface area (Å²) in [6, 6.07) is 14.4. The first-order valence-corrected chi connectivity index (χ1v) is 8.77. The number of carbonyl (C=O) groups is 1. The maximum absolute atomic E-state index is 12.7. The van der Waals surface area contributed by atoms with E-state index in [1.54, 1.807) is 6.08 Å². The number of fused-ring (bicyclic) bond motifs is 1. The number of carbonyl (C=O) groups excluding carboxylic acids is 1. The molecule has 1 heterocycles. The van der Waals surface area contributed by atoms with E-state index in [1.807, 2.05) is 53.7 Å². The molecule has 0 bridgehead atoms. The van der Waals surface area contributed by atoms with Crippen LogP contribution in [0.2, 0.25) is 0 Å². The standard InChI is InChI=1S/C22H24N2O2/c1-16-3-6-19(7-4-16)14-22(25)24-12-11-20-10-9-18(13-21(20)15-24)8-5-17(2)23-26/h3-10,13,23,26H,2,11-12,14-15H2,1H3/b8-5+. The highest BCUT2D eigenvalue weighted by Crippen LogP contribution is 2.22. The van der Waals surface area contributed by atoms with Crippen LogP contribution in [0.5, 0.6) is 0 Å². The van der Waals surface area contributed by atoms with Crippen molar-refractivity contribution in [3.05, 3.63) is 88.6 Å². The van der Waals surface area contributed by atoms with E-state index in [0.717, 1.165) is 24.1 Å². The molecule has 2 aromatic carbocycles. The van der Waals surface area contributed by atoms with E-state index >= 15 is 0 Å². The largest absolute Gasteiger partial charge is 0.338 e. The first kappa shape index (κ1) is 18.0. The van der Waals surface area contributed by atoms with Gasteiger partial charge >= 0.3 is 0 Å². The molecule has 134 valence electrons. The van der Waals surface area contributed by atoms with E-state index < -0.39 is 0 Å². The fourth-order valence-electron chi connectivity index (χ4n) is 3.12. The lowest BCUT2D eigenvalue weighted by Crippen LogP contribution is -2.36. The van der Waals surface area contributed by atoms with Crippen LogP contribution in [-0.2, 0) is 24.2 Å². The molecule has 4 heteroatoms.